The zero-order valence-corrected chi connectivity index (χ0v) is 19.9. The third-order valence-electron chi connectivity index (χ3n) is 4.98. The van der Waals surface area contributed by atoms with E-state index in [4.69, 9.17) is 4.74 Å². The van der Waals surface area contributed by atoms with Crippen LogP contribution in [0.25, 0.3) is 4.83 Å². The number of hydrogen-bond donors (Lipinski definition) is 1. The molecule has 0 aliphatic rings. The number of nitrogens with zero attached hydrogens (tertiary/aromatic N) is 3. The molecule has 3 aromatic heterocycles. The van der Waals surface area contributed by atoms with Gasteiger partial charge in [0.05, 0.1) is 7.11 Å². The Morgan fingerprint density at radius 3 is 2.76 bits per heavy atom. The van der Waals surface area contributed by atoms with Crippen LogP contribution in [0.5, 0.6) is 5.88 Å². The maximum absolute atomic E-state index is 15.2. The van der Waals surface area contributed by atoms with Gasteiger partial charge in [0.2, 0.25) is 12.2 Å². The van der Waals surface area contributed by atoms with Crippen LogP contribution in [0.4, 0.5) is 4.39 Å². The first-order chi connectivity index (χ1) is 15.8. The minimum absolute atomic E-state index is 0.157. The molecule has 0 radical (unpaired) electrons. The Balaban J connectivity index is 1.66. The Labute approximate surface area is 199 Å². The summed E-state index contributed by atoms with van der Waals surface area (Å²) < 4.78 is 22.6. The van der Waals surface area contributed by atoms with Gasteiger partial charge in [0.15, 0.2) is 0 Å². The zero-order chi connectivity index (χ0) is 23.7. The van der Waals surface area contributed by atoms with Gasteiger partial charge in [-0.25, -0.2) is 18.7 Å². The van der Waals surface area contributed by atoms with E-state index < -0.39 is 23.5 Å². The van der Waals surface area contributed by atoms with Crippen molar-refractivity contribution >= 4 is 38.0 Å². The van der Waals surface area contributed by atoms with Crippen LogP contribution in [0, 0.1) is 6.92 Å². The molecular weight excluding hydrogens is 515 g/mol. The molecule has 4 aromatic rings. The summed E-state index contributed by atoms with van der Waals surface area (Å²) in [6.45, 7) is 1.71. The standard InChI is InChI=1S/C22H18BrFN4O4S/c1-12-20(30)28(18(24)14-4-3-5-15(23)8-14)22(31)27-11-16(33-21(12)27)19(29)26-10-13-6-7-17(32-2)25-9-13/h3-9,11,18H,10H2,1-2H3,(H,26,29). The topological polar surface area (TPSA) is 94.7 Å². The summed E-state index contributed by atoms with van der Waals surface area (Å²) in [7, 11) is 1.51. The van der Waals surface area contributed by atoms with Gasteiger partial charge in [0.1, 0.15) is 9.71 Å². The number of aryl methyl sites for hydroxylation is 1. The van der Waals surface area contributed by atoms with E-state index in [9.17, 15) is 14.4 Å². The maximum Gasteiger partial charge on any atom is 0.338 e. The number of benzene rings is 1. The first kappa shape index (κ1) is 22.9. The van der Waals surface area contributed by atoms with Crippen molar-refractivity contribution in [3.8, 4) is 5.88 Å². The molecule has 0 aliphatic carbocycles. The van der Waals surface area contributed by atoms with Gasteiger partial charge in [0.25, 0.3) is 11.5 Å². The van der Waals surface area contributed by atoms with Crippen molar-refractivity contribution < 1.29 is 13.9 Å². The quantitative estimate of drug-likeness (QED) is 0.410. The van der Waals surface area contributed by atoms with Gasteiger partial charge in [-0.1, -0.05) is 34.1 Å². The average Bonchev–Trinajstić information content (AvgIpc) is 3.28. The monoisotopic (exact) mass is 532 g/mol. The number of nitrogens with one attached hydrogen (secondary N) is 1. The second kappa shape index (κ2) is 9.28. The van der Waals surface area contributed by atoms with Crippen molar-refractivity contribution in [1.29, 1.82) is 0 Å². The van der Waals surface area contributed by atoms with Gasteiger partial charge < -0.3 is 10.1 Å². The molecule has 11 heteroatoms. The maximum atomic E-state index is 15.2. The van der Waals surface area contributed by atoms with E-state index in [1.165, 1.54) is 32.4 Å². The lowest BCUT2D eigenvalue weighted by Crippen LogP contribution is -2.40. The van der Waals surface area contributed by atoms with Gasteiger partial charge in [-0.2, -0.15) is 0 Å². The number of aromatic nitrogens is 3. The molecule has 1 unspecified atom stereocenters. The Morgan fingerprint density at radius 2 is 2.09 bits per heavy atom. The number of methoxy groups -OCH3 is 1. The Morgan fingerprint density at radius 1 is 1.30 bits per heavy atom. The van der Waals surface area contributed by atoms with Crippen LogP contribution in [0.1, 0.15) is 32.7 Å². The summed E-state index contributed by atoms with van der Waals surface area (Å²) in [5, 5.41) is 2.75. The molecule has 0 spiro atoms. The van der Waals surface area contributed by atoms with Crippen molar-refractivity contribution in [2.24, 2.45) is 0 Å². The zero-order valence-electron chi connectivity index (χ0n) is 17.5. The summed E-state index contributed by atoms with van der Waals surface area (Å²) in [5.41, 5.74) is -0.513. The number of pyridine rings is 1. The highest BCUT2D eigenvalue weighted by molar-refractivity contribution is 9.10. The number of ether oxygens (including phenoxy) is 1. The second-order valence-electron chi connectivity index (χ2n) is 7.14. The third-order valence-corrected chi connectivity index (χ3v) is 6.68. The van der Waals surface area contributed by atoms with Crippen LogP contribution in [-0.2, 0) is 6.54 Å². The summed E-state index contributed by atoms with van der Waals surface area (Å²) in [4.78, 5) is 43.1. The van der Waals surface area contributed by atoms with E-state index in [0.29, 0.717) is 19.8 Å². The first-order valence-corrected chi connectivity index (χ1v) is 11.3. The van der Waals surface area contributed by atoms with Gasteiger partial charge >= 0.3 is 5.69 Å². The largest absolute Gasteiger partial charge is 0.481 e. The fourth-order valence-corrected chi connectivity index (χ4v) is 4.66. The minimum Gasteiger partial charge on any atom is -0.481 e. The lowest BCUT2D eigenvalue weighted by molar-refractivity contribution is 0.0954. The number of hydrogen-bond acceptors (Lipinski definition) is 6. The van der Waals surface area contributed by atoms with Crippen LogP contribution in [0.2, 0.25) is 0 Å². The number of carbonyl (C=O) groups is 1. The number of thiazole rings is 1. The van der Waals surface area contributed by atoms with Crippen molar-refractivity contribution in [1.82, 2.24) is 19.3 Å². The Kier molecular flexibility index (Phi) is 6.43. The minimum atomic E-state index is -1.97. The fraction of sp³-hybridized carbons (Fsp3) is 0.182. The molecule has 4 rings (SSSR count). The van der Waals surface area contributed by atoms with Crippen LogP contribution >= 0.6 is 27.3 Å². The van der Waals surface area contributed by atoms with Gasteiger partial charge in [-0.15, -0.1) is 11.3 Å². The molecule has 170 valence electrons. The molecule has 33 heavy (non-hydrogen) atoms. The number of rotatable bonds is 6. The molecule has 0 bridgehead atoms. The van der Waals surface area contributed by atoms with Crippen molar-refractivity contribution in [3.05, 3.63) is 95.7 Å². The molecule has 1 aromatic carbocycles. The van der Waals surface area contributed by atoms with Crippen molar-refractivity contribution in [2.45, 2.75) is 19.8 Å². The Bertz CT molecular complexity index is 1460. The summed E-state index contributed by atoms with van der Waals surface area (Å²) >= 11 is 4.25. The van der Waals surface area contributed by atoms with Crippen LogP contribution in [0.3, 0.4) is 0 Å². The van der Waals surface area contributed by atoms with Crippen LogP contribution < -0.4 is 21.3 Å². The smallest absolute Gasteiger partial charge is 0.338 e. The average molecular weight is 533 g/mol. The highest BCUT2D eigenvalue weighted by Crippen LogP contribution is 2.23. The summed E-state index contributed by atoms with van der Waals surface area (Å²) in [5.74, 6) is 0.0290. The van der Waals surface area contributed by atoms with Crippen LogP contribution in [-0.4, -0.2) is 27.0 Å². The van der Waals surface area contributed by atoms with Crippen molar-refractivity contribution in [3.63, 3.8) is 0 Å². The predicted molar refractivity (Wildman–Crippen MR) is 126 cm³/mol. The molecule has 1 amide bonds. The lowest BCUT2D eigenvalue weighted by Gasteiger charge is -2.13. The molecule has 0 saturated heterocycles. The van der Waals surface area contributed by atoms with Gasteiger partial charge in [-0.05, 0) is 24.6 Å². The van der Waals surface area contributed by atoms with E-state index in [-0.39, 0.29) is 22.5 Å². The molecule has 1 N–H and O–H groups in total. The first-order valence-electron chi connectivity index (χ1n) is 9.74. The van der Waals surface area contributed by atoms with E-state index in [1.807, 2.05) is 0 Å². The number of amides is 1. The Hall–Kier alpha value is -3.31. The number of halogens is 2. The fourth-order valence-electron chi connectivity index (χ4n) is 3.24. The molecule has 8 nitrogen and oxygen atoms in total. The predicted octanol–water partition coefficient (Wildman–Crippen LogP) is 3.44. The van der Waals surface area contributed by atoms with Gasteiger partial charge in [-0.3, -0.25) is 14.0 Å². The molecule has 0 saturated carbocycles. The summed E-state index contributed by atoms with van der Waals surface area (Å²) in [6.07, 6.45) is 0.924. The molecule has 3 heterocycles. The van der Waals surface area contributed by atoms with E-state index in [0.717, 1.165) is 21.3 Å². The van der Waals surface area contributed by atoms with Crippen LogP contribution in [0.15, 0.2) is 62.9 Å². The SMILES string of the molecule is COc1ccc(CNC(=O)c2cn3c(=O)n(C(F)c4cccc(Br)c4)c(=O)c(C)c3s2)cn1. The number of carbonyl (C=O) groups excluding carboxylic acids is 1. The van der Waals surface area contributed by atoms with Crippen molar-refractivity contribution in [2.75, 3.05) is 7.11 Å². The normalized spacial score (nSPS) is 12.0. The second-order valence-corrected chi connectivity index (χ2v) is 9.08. The number of alkyl halides is 1. The summed E-state index contributed by atoms with van der Waals surface area (Å²) in [6, 6.07) is 9.77. The third kappa shape index (κ3) is 4.46. The van der Waals surface area contributed by atoms with E-state index >= 15 is 4.39 Å². The molecule has 1 atom stereocenters. The van der Waals surface area contributed by atoms with Gasteiger partial charge in [0, 0.05) is 40.6 Å². The molecular formula is C22H18BrFN4O4S. The van der Waals surface area contributed by atoms with E-state index in [2.05, 4.69) is 26.2 Å². The highest BCUT2D eigenvalue weighted by atomic mass is 79.9. The molecule has 0 aliphatic heterocycles. The van der Waals surface area contributed by atoms with E-state index in [1.54, 1.807) is 30.5 Å². The molecule has 0 fully saturated rings. The number of fused-ring (bicyclic) bond motifs is 1. The highest BCUT2D eigenvalue weighted by Gasteiger charge is 2.23. The lowest BCUT2D eigenvalue weighted by atomic mass is 10.2.